The first-order valence-corrected chi connectivity index (χ1v) is 5.75. The van der Waals surface area contributed by atoms with Crippen molar-refractivity contribution in [1.82, 2.24) is 9.80 Å². The van der Waals surface area contributed by atoms with Gasteiger partial charge in [-0.05, 0) is 32.7 Å². The molecular weight excluding hydrogens is 160 g/mol. The van der Waals surface area contributed by atoms with Crippen LogP contribution in [-0.2, 0) is 0 Å². The molecule has 0 N–H and O–H groups in total. The van der Waals surface area contributed by atoms with Gasteiger partial charge < -0.3 is 0 Å². The van der Waals surface area contributed by atoms with Crippen LogP contribution in [0.1, 0.15) is 32.1 Å². The van der Waals surface area contributed by atoms with Crippen LogP contribution in [0.4, 0.5) is 0 Å². The van der Waals surface area contributed by atoms with E-state index in [4.69, 9.17) is 0 Å². The summed E-state index contributed by atoms with van der Waals surface area (Å²) in [5.74, 6) is 0. The molecule has 3 fully saturated rings. The molecule has 1 saturated heterocycles. The molecule has 1 spiro atoms. The van der Waals surface area contributed by atoms with Gasteiger partial charge in [0.25, 0.3) is 0 Å². The normalized spacial score (nSPS) is 34.8. The van der Waals surface area contributed by atoms with Gasteiger partial charge in [-0.25, -0.2) is 0 Å². The summed E-state index contributed by atoms with van der Waals surface area (Å²) < 4.78 is 0. The predicted molar refractivity (Wildman–Crippen MR) is 53.8 cm³/mol. The van der Waals surface area contributed by atoms with E-state index in [2.05, 4.69) is 16.8 Å². The van der Waals surface area contributed by atoms with Crippen LogP contribution in [0.5, 0.6) is 0 Å². The summed E-state index contributed by atoms with van der Waals surface area (Å²) in [6.07, 6.45) is 7.32. The summed E-state index contributed by atoms with van der Waals surface area (Å²) in [6, 6.07) is 0.964. The Hall–Kier alpha value is -0.0800. The van der Waals surface area contributed by atoms with E-state index in [1.807, 2.05) is 0 Å². The Balaban J connectivity index is 1.66. The first kappa shape index (κ1) is 8.25. The molecule has 0 atom stereocenters. The van der Waals surface area contributed by atoms with Gasteiger partial charge in [0, 0.05) is 31.2 Å². The van der Waals surface area contributed by atoms with Crippen LogP contribution in [-0.4, -0.2) is 48.1 Å². The Labute approximate surface area is 80.9 Å². The highest BCUT2D eigenvalue weighted by Crippen LogP contribution is 2.44. The summed E-state index contributed by atoms with van der Waals surface area (Å²) >= 11 is 0. The van der Waals surface area contributed by atoms with E-state index in [1.54, 1.807) is 0 Å². The highest BCUT2D eigenvalue weighted by atomic mass is 15.3. The predicted octanol–water partition coefficient (Wildman–Crippen LogP) is 1.32. The number of likely N-dealkylation sites (N-methyl/N-ethyl adjacent to an activating group) is 1. The van der Waals surface area contributed by atoms with E-state index in [0.29, 0.717) is 5.54 Å². The van der Waals surface area contributed by atoms with Crippen molar-refractivity contribution < 1.29 is 0 Å². The van der Waals surface area contributed by atoms with Gasteiger partial charge in [-0.3, -0.25) is 9.80 Å². The van der Waals surface area contributed by atoms with E-state index < -0.39 is 0 Å². The van der Waals surface area contributed by atoms with Gasteiger partial charge in [-0.1, -0.05) is 6.42 Å². The topological polar surface area (TPSA) is 6.48 Å². The van der Waals surface area contributed by atoms with Gasteiger partial charge in [-0.2, -0.15) is 0 Å². The fourth-order valence-electron chi connectivity index (χ4n) is 2.84. The van der Waals surface area contributed by atoms with Gasteiger partial charge in [-0.15, -0.1) is 0 Å². The lowest BCUT2D eigenvalue weighted by atomic mass is 9.90. The molecule has 0 bridgehead atoms. The highest BCUT2D eigenvalue weighted by molar-refractivity contribution is 5.08. The maximum atomic E-state index is 2.76. The molecule has 1 aliphatic heterocycles. The fraction of sp³-hybridized carbons (Fsp3) is 1.00. The molecule has 0 radical (unpaired) electrons. The quantitative estimate of drug-likeness (QED) is 0.600. The monoisotopic (exact) mass is 180 g/mol. The van der Waals surface area contributed by atoms with Gasteiger partial charge in [0.1, 0.15) is 0 Å². The number of hydrogen-bond donors (Lipinski definition) is 0. The van der Waals surface area contributed by atoms with Gasteiger partial charge in [0.15, 0.2) is 0 Å². The van der Waals surface area contributed by atoms with Crippen LogP contribution in [0.2, 0.25) is 0 Å². The molecule has 2 aliphatic carbocycles. The summed E-state index contributed by atoms with van der Waals surface area (Å²) in [6.45, 7) is 3.99. The van der Waals surface area contributed by atoms with Crippen LogP contribution >= 0.6 is 0 Å². The molecule has 0 unspecified atom stereocenters. The SMILES string of the molecule is CN1CCN(C2CCC2)CC12CC2. The summed E-state index contributed by atoms with van der Waals surface area (Å²) in [5, 5.41) is 0. The van der Waals surface area contributed by atoms with Gasteiger partial charge in [0.2, 0.25) is 0 Å². The molecular formula is C11H20N2. The average Bonchev–Trinajstić information content (AvgIpc) is 2.75. The molecule has 3 rings (SSSR count). The van der Waals surface area contributed by atoms with Crippen molar-refractivity contribution in [1.29, 1.82) is 0 Å². The summed E-state index contributed by atoms with van der Waals surface area (Å²) in [4.78, 5) is 5.36. The maximum Gasteiger partial charge on any atom is 0.0335 e. The Morgan fingerprint density at radius 1 is 1.15 bits per heavy atom. The molecule has 74 valence electrons. The van der Waals surface area contributed by atoms with E-state index in [9.17, 15) is 0 Å². The molecule has 2 saturated carbocycles. The third-order valence-corrected chi connectivity index (χ3v) is 4.45. The number of nitrogens with zero attached hydrogens (tertiary/aromatic N) is 2. The van der Waals surface area contributed by atoms with Crippen molar-refractivity contribution in [3.63, 3.8) is 0 Å². The van der Waals surface area contributed by atoms with Crippen molar-refractivity contribution in [2.45, 2.75) is 43.7 Å². The smallest absolute Gasteiger partial charge is 0.0335 e. The van der Waals surface area contributed by atoms with Gasteiger partial charge in [0.05, 0.1) is 0 Å². The Morgan fingerprint density at radius 3 is 2.46 bits per heavy atom. The molecule has 13 heavy (non-hydrogen) atoms. The Morgan fingerprint density at radius 2 is 1.92 bits per heavy atom. The molecule has 1 heterocycles. The van der Waals surface area contributed by atoms with Crippen LogP contribution in [0.25, 0.3) is 0 Å². The lowest BCUT2D eigenvalue weighted by molar-refractivity contribution is 0.0255. The van der Waals surface area contributed by atoms with E-state index >= 15 is 0 Å². The van der Waals surface area contributed by atoms with E-state index in [1.165, 1.54) is 51.7 Å². The zero-order chi connectivity index (χ0) is 8.89. The van der Waals surface area contributed by atoms with Crippen LogP contribution < -0.4 is 0 Å². The lowest BCUT2D eigenvalue weighted by Crippen LogP contribution is -2.57. The number of piperazine rings is 1. The van der Waals surface area contributed by atoms with Crippen molar-refractivity contribution in [3.8, 4) is 0 Å². The standard InChI is InChI=1S/C11H20N2/c1-12-7-8-13(10-3-2-4-10)9-11(12)5-6-11/h10H,2-9H2,1H3. The zero-order valence-electron chi connectivity index (χ0n) is 8.63. The lowest BCUT2D eigenvalue weighted by Gasteiger charge is -2.46. The second-order valence-electron chi connectivity index (χ2n) is 5.20. The first-order chi connectivity index (χ1) is 6.30. The molecule has 0 aromatic rings. The third kappa shape index (κ3) is 1.23. The number of rotatable bonds is 1. The Bertz CT molecular complexity index is 206. The third-order valence-electron chi connectivity index (χ3n) is 4.45. The van der Waals surface area contributed by atoms with Crippen molar-refractivity contribution in [2.24, 2.45) is 0 Å². The Kier molecular flexibility index (Phi) is 1.72. The molecule has 3 aliphatic rings. The van der Waals surface area contributed by atoms with Crippen LogP contribution in [0, 0.1) is 0 Å². The minimum absolute atomic E-state index is 0.633. The second-order valence-corrected chi connectivity index (χ2v) is 5.20. The summed E-state index contributed by atoms with van der Waals surface area (Å²) in [5.41, 5.74) is 0.633. The van der Waals surface area contributed by atoms with Gasteiger partial charge >= 0.3 is 0 Å². The van der Waals surface area contributed by atoms with Crippen LogP contribution in [0.3, 0.4) is 0 Å². The molecule has 2 heteroatoms. The minimum Gasteiger partial charge on any atom is -0.298 e. The average molecular weight is 180 g/mol. The molecule has 2 nitrogen and oxygen atoms in total. The zero-order valence-corrected chi connectivity index (χ0v) is 8.63. The number of hydrogen-bond acceptors (Lipinski definition) is 2. The van der Waals surface area contributed by atoms with E-state index in [-0.39, 0.29) is 0 Å². The van der Waals surface area contributed by atoms with E-state index in [0.717, 1.165) is 6.04 Å². The van der Waals surface area contributed by atoms with Crippen molar-refractivity contribution in [3.05, 3.63) is 0 Å². The minimum atomic E-state index is 0.633. The van der Waals surface area contributed by atoms with Crippen molar-refractivity contribution >= 4 is 0 Å². The second kappa shape index (κ2) is 2.71. The highest BCUT2D eigenvalue weighted by Gasteiger charge is 2.50. The largest absolute Gasteiger partial charge is 0.298 e. The summed E-state index contributed by atoms with van der Waals surface area (Å²) in [7, 11) is 2.31. The first-order valence-electron chi connectivity index (χ1n) is 5.75. The molecule has 0 aromatic heterocycles. The molecule has 0 aromatic carbocycles. The molecule has 0 amide bonds. The van der Waals surface area contributed by atoms with Crippen LogP contribution in [0.15, 0.2) is 0 Å². The fourth-order valence-corrected chi connectivity index (χ4v) is 2.84. The van der Waals surface area contributed by atoms with Crippen molar-refractivity contribution in [2.75, 3.05) is 26.7 Å². The maximum absolute atomic E-state index is 2.76.